The summed E-state index contributed by atoms with van der Waals surface area (Å²) in [6.45, 7) is 0. The predicted octanol–water partition coefficient (Wildman–Crippen LogP) is 4.74. The third-order valence-corrected chi connectivity index (χ3v) is 4.81. The average Bonchev–Trinajstić information content (AvgIpc) is 3.27. The summed E-state index contributed by atoms with van der Waals surface area (Å²) in [5.41, 5.74) is 9.40. The molecule has 1 aliphatic rings. The van der Waals surface area contributed by atoms with Gasteiger partial charge in [0.2, 0.25) is 0 Å². The number of nitrogen functional groups attached to an aromatic ring is 1. The fraction of sp³-hybridized carbons (Fsp3) is 0.0952. The van der Waals surface area contributed by atoms with E-state index < -0.39 is 0 Å². The second kappa shape index (κ2) is 5.52. The highest BCUT2D eigenvalue weighted by Crippen LogP contribution is 2.38. The lowest BCUT2D eigenvalue weighted by molar-refractivity contribution is 0.0857. The number of fused-ring (bicyclic) bond motifs is 3. The van der Waals surface area contributed by atoms with Crippen molar-refractivity contribution in [3.63, 3.8) is 0 Å². The van der Waals surface area contributed by atoms with Gasteiger partial charge in [0, 0.05) is 6.42 Å². The number of rotatable bonds is 2. The summed E-state index contributed by atoms with van der Waals surface area (Å²) in [5, 5.41) is 16.7. The van der Waals surface area contributed by atoms with E-state index >= 15 is 0 Å². The Kier molecular flexibility index (Phi) is 3.15. The average molecular weight is 344 g/mol. The minimum atomic E-state index is -0.213. The highest BCUT2D eigenvalue weighted by atomic mass is 16.6. The maximum atomic E-state index is 9.43. The topological polar surface area (TPSA) is 81.0 Å². The summed E-state index contributed by atoms with van der Waals surface area (Å²) >= 11 is 0. The fourth-order valence-electron chi connectivity index (χ4n) is 3.49. The Morgan fingerprint density at radius 2 is 1.81 bits per heavy atom. The summed E-state index contributed by atoms with van der Waals surface area (Å²) in [6.07, 6.45) is 0.349. The summed E-state index contributed by atoms with van der Waals surface area (Å²) in [5.74, 6) is 0.791. The molecule has 4 aromatic rings. The number of nitrogens with two attached hydrogens (primary N) is 1. The van der Waals surface area contributed by atoms with E-state index in [9.17, 15) is 5.11 Å². The molecule has 0 aliphatic carbocycles. The quantitative estimate of drug-likeness (QED) is 0.550. The standard InChI is InChI=1S/C21H16N2O3/c22-20-19-15-4-2-1-3-12(15)7-10-17(19)25-21(20)16-11-18(26-23-16)13-5-8-14(24)9-6-13/h1-10,18,24H,11,22H2. The van der Waals surface area contributed by atoms with Crippen LogP contribution in [-0.4, -0.2) is 10.8 Å². The van der Waals surface area contributed by atoms with Gasteiger partial charge in [-0.3, -0.25) is 0 Å². The SMILES string of the molecule is Nc1c(C2=NOC(c3ccc(O)cc3)C2)oc2ccc3ccccc3c12. The minimum absolute atomic E-state index is 0.213. The van der Waals surface area contributed by atoms with Gasteiger partial charge in [-0.25, -0.2) is 0 Å². The molecule has 1 aromatic heterocycles. The zero-order valence-corrected chi connectivity index (χ0v) is 13.8. The molecule has 1 unspecified atom stereocenters. The monoisotopic (exact) mass is 344 g/mol. The summed E-state index contributed by atoms with van der Waals surface area (Å²) in [7, 11) is 0. The van der Waals surface area contributed by atoms with Crippen LogP contribution in [0.4, 0.5) is 5.69 Å². The molecule has 5 nitrogen and oxygen atoms in total. The Morgan fingerprint density at radius 1 is 1.00 bits per heavy atom. The largest absolute Gasteiger partial charge is 0.508 e. The number of oxime groups is 1. The maximum absolute atomic E-state index is 9.43. The lowest BCUT2D eigenvalue weighted by atomic mass is 10.0. The maximum Gasteiger partial charge on any atom is 0.176 e. The number of hydrogen-bond acceptors (Lipinski definition) is 5. The lowest BCUT2D eigenvalue weighted by Crippen LogP contribution is -2.02. The first kappa shape index (κ1) is 14.8. The van der Waals surface area contributed by atoms with Crippen LogP contribution in [-0.2, 0) is 4.84 Å². The molecule has 0 fully saturated rings. The van der Waals surface area contributed by atoms with E-state index in [1.165, 1.54) is 0 Å². The van der Waals surface area contributed by atoms with Gasteiger partial charge < -0.3 is 20.1 Å². The van der Waals surface area contributed by atoms with Gasteiger partial charge in [0.05, 0.1) is 11.1 Å². The number of furan rings is 1. The Morgan fingerprint density at radius 3 is 2.65 bits per heavy atom. The molecular formula is C21H16N2O3. The van der Waals surface area contributed by atoms with Gasteiger partial charge in [-0.2, -0.15) is 0 Å². The molecule has 0 radical (unpaired) electrons. The normalized spacial score (nSPS) is 16.8. The van der Waals surface area contributed by atoms with Crippen molar-refractivity contribution in [2.45, 2.75) is 12.5 Å². The molecule has 1 aliphatic heterocycles. The number of nitrogens with zero attached hydrogens (tertiary/aromatic N) is 1. The zero-order valence-electron chi connectivity index (χ0n) is 13.8. The van der Waals surface area contributed by atoms with Crippen LogP contribution in [0, 0.1) is 0 Å². The first-order chi connectivity index (χ1) is 12.7. The molecule has 3 aromatic carbocycles. The van der Waals surface area contributed by atoms with Crippen LogP contribution in [0.15, 0.2) is 70.2 Å². The fourth-order valence-corrected chi connectivity index (χ4v) is 3.49. The molecule has 0 spiro atoms. The Labute approximate surface area is 149 Å². The number of anilines is 1. The molecule has 1 atom stereocenters. The van der Waals surface area contributed by atoms with E-state index in [1.807, 2.05) is 42.5 Å². The third-order valence-electron chi connectivity index (χ3n) is 4.81. The molecule has 5 heteroatoms. The van der Waals surface area contributed by atoms with Crippen LogP contribution >= 0.6 is 0 Å². The molecule has 0 amide bonds. The van der Waals surface area contributed by atoms with Crippen molar-refractivity contribution in [3.8, 4) is 5.75 Å². The van der Waals surface area contributed by atoms with E-state index in [-0.39, 0.29) is 11.9 Å². The molecule has 128 valence electrons. The van der Waals surface area contributed by atoms with Gasteiger partial charge in [-0.05, 0) is 34.5 Å². The summed E-state index contributed by atoms with van der Waals surface area (Å²) < 4.78 is 6.02. The number of phenols is 1. The Hall–Kier alpha value is -3.47. The van der Waals surface area contributed by atoms with Gasteiger partial charge in [-0.1, -0.05) is 47.6 Å². The molecule has 3 N–H and O–H groups in total. The van der Waals surface area contributed by atoms with E-state index in [2.05, 4.69) is 11.2 Å². The van der Waals surface area contributed by atoms with Crippen molar-refractivity contribution in [2.24, 2.45) is 5.16 Å². The number of phenolic OH excluding ortho intramolecular Hbond substituents is 1. The highest BCUT2D eigenvalue weighted by Gasteiger charge is 2.28. The zero-order chi connectivity index (χ0) is 17.7. The third kappa shape index (κ3) is 2.21. The molecule has 0 bridgehead atoms. The Balaban J connectivity index is 1.54. The van der Waals surface area contributed by atoms with E-state index in [1.54, 1.807) is 12.1 Å². The molecule has 0 saturated carbocycles. The predicted molar refractivity (Wildman–Crippen MR) is 101 cm³/mol. The van der Waals surface area contributed by atoms with Crippen LogP contribution in [0.25, 0.3) is 21.7 Å². The van der Waals surface area contributed by atoms with Crippen LogP contribution in [0.3, 0.4) is 0 Å². The Bertz CT molecular complexity index is 1160. The van der Waals surface area contributed by atoms with Crippen molar-refractivity contribution in [3.05, 3.63) is 72.0 Å². The van der Waals surface area contributed by atoms with Crippen LogP contribution < -0.4 is 5.73 Å². The molecule has 5 rings (SSSR count). The van der Waals surface area contributed by atoms with Gasteiger partial charge in [0.15, 0.2) is 11.9 Å². The smallest absolute Gasteiger partial charge is 0.176 e. The van der Waals surface area contributed by atoms with Crippen molar-refractivity contribution in [2.75, 3.05) is 5.73 Å². The molecule has 2 heterocycles. The van der Waals surface area contributed by atoms with E-state index in [0.29, 0.717) is 23.6 Å². The van der Waals surface area contributed by atoms with Crippen molar-refractivity contribution < 1.29 is 14.4 Å². The number of hydrogen-bond donors (Lipinski definition) is 2. The second-order valence-electron chi connectivity index (χ2n) is 6.43. The van der Waals surface area contributed by atoms with E-state index in [0.717, 1.165) is 27.3 Å². The van der Waals surface area contributed by atoms with Crippen LogP contribution in [0.1, 0.15) is 23.8 Å². The number of benzene rings is 3. The lowest BCUT2D eigenvalue weighted by Gasteiger charge is -2.07. The summed E-state index contributed by atoms with van der Waals surface area (Å²) in [6, 6.07) is 19.0. The summed E-state index contributed by atoms with van der Waals surface area (Å²) in [4.78, 5) is 5.58. The van der Waals surface area contributed by atoms with Gasteiger partial charge >= 0.3 is 0 Å². The van der Waals surface area contributed by atoms with Crippen LogP contribution in [0.2, 0.25) is 0 Å². The van der Waals surface area contributed by atoms with Crippen LogP contribution in [0.5, 0.6) is 5.75 Å². The second-order valence-corrected chi connectivity index (χ2v) is 6.43. The van der Waals surface area contributed by atoms with Crippen molar-refractivity contribution >= 4 is 33.1 Å². The molecule has 26 heavy (non-hydrogen) atoms. The minimum Gasteiger partial charge on any atom is -0.508 e. The van der Waals surface area contributed by atoms with Gasteiger partial charge in [-0.15, -0.1) is 0 Å². The first-order valence-electron chi connectivity index (χ1n) is 8.42. The van der Waals surface area contributed by atoms with Gasteiger partial charge in [0.25, 0.3) is 0 Å². The molecule has 0 saturated heterocycles. The number of aromatic hydroxyl groups is 1. The van der Waals surface area contributed by atoms with Gasteiger partial charge in [0.1, 0.15) is 17.0 Å². The first-order valence-corrected chi connectivity index (χ1v) is 8.42. The van der Waals surface area contributed by atoms with E-state index in [4.69, 9.17) is 15.0 Å². The van der Waals surface area contributed by atoms with Crippen molar-refractivity contribution in [1.29, 1.82) is 0 Å². The van der Waals surface area contributed by atoms with Crippen molar-refractivity contribution in [1.82, 2.24) is 0 Å². The molecular weight excluding hydrogens is 328 g/mol. The highest BCUT2D eigenvalue weighted by molar-refractivity contribution is 6.17.